The Morgan fingerprint density at radius 3 is 2.40 bits per heavy atom. The molecule has 0 radical (unpaired) electrons. The van der Waals surface area contributed by atoms with Crippen LogP contribution in [0, 0.1) is 5.92 Å². The van der Waals surface area contributed by atoms with Crippen molar-refractivity contribution in [2.24, 2.45) is 16.6 Å². The molecule has 0 fully saturated rings. The van der Waals surface area contributed by atoms with E-state index in [-0.39, 0.29) is 24.0 Å². The number of nitrogens with two attached hydrogens (primary N) is 1. The third-order valence-electron chi connectivity index (χ3n) is 3.06. The van der Waals surface area contributed by atoms with Gasteiger partial charge in [0.2, 0.25) is 0 Å². The molecule has 0 aliphatic carbocycles. The van der Waals surface area contributed by atoms with Gasteiger partial charge in [0.05, 0.1) is 0 Å². The summed E-state index contributed by atoms with van der Waals surface area (Å²) in [6.45, 7) is 11.6. The first-order chi connectivity index (χ1) is 9.00. The van der Waals surface area contributed by atoms with Crippen LogP contribution in [0.15, 0.2) is 47.5 Å². The Morgan fingerprint density at radius 1 is 1.30 bits per heavy atom. The molecule has 0 heterocycles. The first-order valence-corrected chi connectivity index (χ1v) is 6.73. The standard InChI is InChI=1S/C16H25N3.HI/c1-12(2)10-18-16(17)19-11-15(13(3)4)14-8-6-5-7-9-14;/h5-9,13,15H,1,10-11H2,2-4H3,(H3,17,18,19);1H. The Bertz CT molecular complexity index is 427. The monoisotopic (exact) mass is 387 g/mol. The van der Waals surface area contributed by atoms with Crippen molar-refractivity contribution in [1.82, 2.24) is 5.32 Å². The predicted octanol–water partition coefficient (Wildman–Crippen LogP) is 3.52. The highest BCUT2D eigenvalue weighted by Crippen LogP contribution is 2.24. The molecule has 1 aromatic rings. The second kappa shape index (κ2) is 9.80. The Kier molecular flexibility index (Phi) is 9.29. The Labute approximate surface area is 139 Å². The molecule has 0 aromatic heterocycles. The Balaban J connectivity index is 0.00000361. The zero-order chi connectivity index (χ0) is 14.3. The zero-order valence-electron chi connectivity index (χ0n) is 12.6. The Morgan fingerprint density at radius 2 is 1.90 bits per heavy atom. The summed E-state index contributed by atoms with van der Waals surface area (Å²) in [4.78, 5) is 4.44. The number of guanidine groups is 1. The molecule has 0 aliphatic rings. The number of benzene rings is 1. The van der Waals surface area contributed by atoms with Crippen molar-refractivity contribution in [3.63, 3.8) is 0 Å². The van der Waals surface area contributed by atoms with Gasteiger partial charge in [-0.3, -0.25) is 4.99 Å². The average Bonchev–Trinajstić information content (AvgIpc) is 2.37. The molecule has 0 aliphatic heterocycles. The van der Waals surface area contributed by atoms with Crippen LogP contribution in [0.25, 0.3) is 0 Å². The van der Waals surface area contributed by atoms with Gasteiger partial charge < -0.3 is 11.1 Å². The van der Waals surface area contributed by atoms with E-state index in [1.165, 1.54) is 5.56 Å². The number of rotatable bonds is 6. The third kappa shape index (κ3) is 6.93. The summed E-state index contributed by atoms with van der Waals surface area (Å²) in [5.41, 5.74) is 8.20. The second-order valence-electron chi connectivity index (χ2n) is 5.30. The molecule has 1 atom stereocenters. The molecule has 3 nitrogen and oxygen atoms in total. The van der Waals surface area contributed by atoms with Crippen LogP contribution in [0.1, 0.15) is 32.3 Å². The highest BCUT2D eigenvalue weighted by Gasteiger charge is 2.14. The molecular formula is C16H26IN3. The number of halogens is 1. The molecule has 112 valence electrons. The summed E-state index contributed by atoms with van der Waals surface area (Å²) in [7, 11) is 0. The van der Waals surface area contributed by atoms with E-state index < -0.39 is 0 Å². The molecule has 0 bridgehead atoms. The van der Waals surface area contributed by atoms with E-state index in [1.807, 2.05) is 13.0 Å². The van der Waals surface area contributed by atoms with E-state index in [1.54, 1.807) is 0 Å². The fourth-order valence-corrected chi connectivity index (χ4v) is 1.90. The maximum absolute atomic E-state index is 5.85. The summed E-state index contributed by atoms with van der Waals surface area (Å²) >= 11 is 0. The maximum Gasteiger partial charge on any atom is 0.188 e. The maximum atomic E-state index is 5.85. The van der Waals surface area contributed by atoms with Crippen LogP contribution in [0.2, 0.25) is 0 Å². The molecule has 1 aromatic carbocycles. The lowest BCUT2D eigenvalue weighted by Crippen LogP contribution is -2.33. The van der Waals surface area contributed by atoms with E-state index in [2.05, 4.69) is 55.0 Å². The second-order valence-corrected chi connectivity index (χ2v) is 5.30. The zero-order valence-corrected chi connectivity index (χ0v) is 14.9. The molecule has 4 heteroatoms. The first-order valence-electron chi connectivity index (χ1n) is 6.73. The molecule has 0 saturated heterocycles. The fraction of sp³-hybridized carbons (Fsp3) is 0.438. The molecule has 1 unspecified atom stereocenters. The number of nitrogens with one attached hydrogen (secondary N) is 1. The van der Waals surface area contributed by atoms with Crippen molar-refractivity contribution >= 4 is 29.9 Å². The SMILES string of the molecule is C=C(C)CNC(N)=NCC(c1ccccc1)C(C)C.I. The van der Waals surface area contributed by atoms with Crippen molar-refractivity contribution in [1.29, 1.82) is 0 Å². The van der Waals surface area contributed by atoms with Gasteiger partial charge in [-0.2, -0.15) is 0 Å². The van der Waals surface area contributed by atoms with Crippen molar-refractivity contribution in [2.75, 3.05) is 13.1 Å². The fourth-order valence-electron chi connectivity index (χ4n) is 1.90. The van der Waals surface area contributed by atoms with E-state index in [0.29, 0.717) is 30.9 Å². The van der Waals surface area contributed by atoms with Gasteiger partial charge >= 0.3 is 0 Å². The van der Waals surface area contributed by atoms with Gasteiger partial charge in [0, 0.05) is 19.0 Å². The van der Waals surface area contributed by atoms with E-state index >= 15 is 0 Å². The van der Waals surface area contributed by atoms with E-state index in [4.69, 9.17) is 5.73 Å². The number of nitrogens with zero attached hydrogens (tertiary/aromatic N) is 1. The van der Waals surface area contributed by atoms with Gasteiger partial charge in [-0.1, -0.05) is 56.3 Å². The summed E-state index contributed by atoms with van der Waals surface area (Å²) in [6.07, 6.45) is 0. The topological polar surface area (TPSA) is 50.4 Å². The van der Waals surface area contributed by atoms with E-state index in [9.17, 15) is 0 Å². The van der Waals surface area contributed by atoms with Crippen LogP contribution in [-0.2, 0) is 0 Å². The number of hydrogen-bond acceptors (Lipinski definition) is 1. The minimum atomic E-state index is 0. The van der Waals surface area contributed by atoms with Crippen molar-refractivity contribution in [2.45, 2.75) is 26.7 Å². The molecule has 20 heavy (non-hydrogen) atoms. The van der Waals surface area contributed by atoms with Gasteiger partial charge in [-0.15, -0.1) is 24.0 Å². The van der Waals surface area contributed by atoms with Gasteiger partial charge in [0.25, 0.3) is 0 Å². The minimum absolute atomic E-state index is 0. The van der Waals surface area contributed by atoms with E-state index in [0.717, 1.165) is 5.57 Å². The summed E-state index contributed by atoms with van der Waals surface area (Å²) < 4.78 is 0. The number of hydrogen-bond donors (Lipinski definition) is 2. The van der Waals surface area contributed by atoms with Crippen molar-refractivity contribution in [3.8, 4) is 0 Å². The highest BCUT2D eigenvalue weighted by atomic mass is 127. The van der Waals surface area contributed by atoms with Gasteiger partial charge in [-0.25, -0.2) is 0 Å². The summed E-state index contributed by atoms with van der Waals surface area (Å²) in [6, 6.07) is 10.5. The quantitative estimate of drug-likeness (QED) is 0.340. The minimum Gasteiger partial charge on any atom is -0.370 e. The lowest BCUT2D eigenvalue weighted by atomic mass is 9.88. The van der Waals surface area contributed by atoms with Crippen LogP contribution >= 0.6 is 24.0 Å². The summed E-state index contributed by atoms with van der Waals surface area (Å²) in [5.74, 6) is 1.41. The molecule has 0 spiro atoms. The Hall–Kier alpha value is -1.04. The largest absolute Gasteiger partial charge is 0.370 e. The third-order valence-corrected chi connectivity index (χ3v) is 3.06. The van der Waals surface area contributed by atoms with Gasteiger partial charge in [0.1, 0.15) is 0 Å². The normalized spacial score (nSPS) is 12.7. The van der Waals surface area contributed by atoms with Crippen LogP contribution in [0.5, 0.6) is 0 Å². The molecule has 3 N–H and O–H groups in total. The lowest BCUT2D eigenvalue weighted by Gasteiger charge is -2.19. The predicted molar refractivity (Wildman–Crippen MR) is 98.7 cm³/mol. The van der Waals surface area contributed by atoms with Crippen LogP contribution in [0.4, 0.5) is 0 Å². The van der Waals surface area contributed by atoms with Gasteiger partial charge in [-0.05, 0) is 18.4 Å². The van der Waals surface area contributed by atoms with Crippen molar-refractivity contribution in [3.05, 3.63) is 48.0 Å². The van der Waals surface area contributed by atoms with Crippen LogP contribution < -0.4 is 11.1 Å². The van der Waals surface area contributed by atoms with Crippen LogP contribution in [0.3, 0.4) is 0 Å². The lowest BCUT2D eigenvalue weighted by molar-refractivity contribution is 0.506. The number of aliphatic imine (C=N–C) groups is 1. The summed E-state index contributed by atoms with van der Waals surface area (Å²) in [5, 5.41) is 3.06. The molecule has 0 saturated carbocycles. The molecule has 1 rings (SSSR count). The van der Waals surface area contributed by atoms with Gasteiger partial charge in [0.15, 0.2) is 5.96 Å². The highest BCUT2D eigenvalue weighted by molar-refractivity contribution is 14.0. The first kappa shape index (κ1) is 19.0. The smallest absolute Gasteiger partial charge is 0.188 e. The molecular weight excluding hydrogens is 361 g/mol. The molecule has 0 amide bonds. The van der Waals surface area contributed by atoms with Crippen LogP contribution in [-0.4, -0.2) is 19.0 Å². The van der Waals surface area contributed by atoms with Crippen molar-refractivity contribution < 1.29 is 0 Å². The average molecular weight is 387 g/mol.